The summed E-state index contributed by atoms with van der Waals surface area (Å²) in [6, 6.07) is 12.4. The number of carbonyl (C=O) groups is 1. The topological polar surface area (TPSA) is 78.5 Å². The molecule has 8 heteroatoms. The molecular weight excluding hydrogens is 374 g/mol. The van der Waals surface area contributed by atoms with E-state index in [0.29, 0.717) is 16.4 Å². The Morgan fingerprint density at radius 1 is 0.962 bits per heavy atom. The van der Waals surface area contributed by atoms with Gasteiger partial charge in [0.2, 0.25) is 0 Å². The molecule has 0 atom stereocenters. The monoisotopic (exact) mass is 393 g/mol. The van der Waals surface area contributed by atoms with Crippen molar-refractivity contribution in [3.8, 4) is 0 Å². The summed E-state index contributed by atoms with van der Waals surface area (Å²) in [6.07, 6.45) is 3.18. The van der Waals surface area contributed by atoms with Gasteiger partial charge in [-0.3, -0.25) is 4.72 Å². The maximum Gasteiger partial charge on any atom is 0.321 e. The summed E-state index contributed by atoms with van der Waals surface area (Å²) >= 11 is 5.87. The van der Waals surface area contributed by atoms with Gasteiger partial charge in [0.05, 0.1) is 10.6 Å². The molecule has 2 aromatic carbocycles. The fourth-order valence-electron chi connectivity index (χ4n) is 2.78. The SMILES string of the molecule is O=C(Nc1ccc(S(=O)(=O)Nc2cccc(Cl)c2)cc1)N1CCCCC1. The van der Waals surface area contributed by atoms with Crippen molar-refractivity contribution < 1.29 is 13.2 Å². The van der Waals surface area contributed by atoms with Gasteiger partial charge in [-0.05, 0) is 61.7 Å². The number of benzene rings is 2. The Hall–Kier alpha value is -2.25. The molecule has 0 spiro atoms. The van der Waals surface area contributed by atoms with Crippen molar-refractivity contribution >= 4 is 39.0 Å². The fraction of sp³-hybridized carbons (Fsp3) is 0.278. The Labute approximate surface area is 158 Å². The average Bonchev–Trinajstić information content (AvgIpc) is 2.62. The fourth-order valence-corrected chi connectivity index (χ4v) is 4.02. The lowest BCUT2D eigenvalue weighted by atomic mass is 10.1. The average molecular weight is 394 g/mol. The number of carbonyl (C=O) groups excluding carboxylic acids is 1. The third-order valence-electron chi connectivity index (χ3n) is 4.14. The van der Waals surface area contributed by atoms with Crippen molar-refractivity contribution in [1.82, 2.24) is 4.90 Å². The van der Waals surface area contributed by atoms with E-state index < -0.39 is 10.0 Å². The standard InChI is InChI=1S/C18H20ClN3O3S/c19-14-5-4-6-16(13-14)21-26(24,25)17-9-7-15(8-10-17)20-18(23)22-11-2-1-3-12-22/h4-10,13,21H,1-3,11-12H2,(H,20,23). The normalized spacial score (nSPS) is 14.7. The maximum absolute atomic E-state index is 12.4. The zero-order valence-corrected chi connectivity index (χ0v) is 15.7. The van der Waals surface area contributed by atoms with E-state index in [1.807, 2.05) is 0 Å². The zero-order chi connectivity index (χ0) is 18.6. The number of sulfonamides is 1. The van der Waals surface area contributed by atoms with Gasteiger partial charge in [-0.15, -0.1) is 0 Å². The zero-order valence-electron chi connectivity index (χ0n) is 14.1. The molecular formula is C18H20ClN3O3S. The third-order valence-corrected chi connectivity index (χ3v) is 5.77. The van der Waals surface area contributed by atoms with Gasteiger partial charge in [0.15, 0.2) is 0 Å². The molecule has 2 N–H and O–H groups in total. The summed E-state index contributed by atoms with van der Waals surface area (Å²) < 4.78 is 27.4. The van der Waals surface area contributed by atoms with Crippen LogP contribution in [0.4, 0.5) is 16.2 Å². The van der Waals surface area contributed by atoms with Gasteiger partial charge in [0.1, 0.15) is 0 Å². The van der Waals surface area contributed by atoms with E-state index in [4.69, 9.17) is 11.6 Å². The summed E-state index contributed by atoms with van der Waals surface area (Å²) in [5.74, 6) is 0. The van der Waals surface area contributed by atoms with E-state index in [9.17, 15) is 13.2 Å². The Kier molecular flexibility index (Phi) is 5.68. The second-order valence-electron chi connectivity index (χ2n) is 6.12. The summed E-state index contributed by atoms with van der Waals surface area (Å²) in [4.78, 5) is 14.1. The number of rotatable bonds is 4. The molecule has 1 aliphatic heterocycles. The highest BCUT2D eigenvalue weighted by Gasteiger charge is 2.17. The van der Waals surface area contributed by atoms with Crippen LogP contribution in [0, 0.1) is 0 Å². The molecule has 1 saturated heterocycles. The smallest absolute Gasteiger partial charge is 0.321 e. The van der Waals surface area contributed by atoms with Gasteiger partial charge in [-0.25, -0.2) is 13.2 Å². The number of hydrogen-bond acceptors (Lipinski definition) is 3. The highest BCUT2D eigenvalue weighted by atomic mass is 35.5. The predicted octanol–water partition coefficient (Wildman–Crippen LogP) is 4.16. The van der Waals surface area contributed by atoms with Crippen LogP contribution < -0.4 is 10.0 Å². The van der Waals surface area contributed by atoms with Gasteiger partial charge in [0, 0.05) is 23.8 Å². The summed E-state index contributed by atoms with van der Waals surface area (Å²) in [6.45, 7) is 1.50. The lowest BCUT2D eigenvalue weighted by Gasteiger charge is -2.26. The number of nitrogens with zero attached hydrogens (tertiary/aromatic N) is 1. The highest BCUT2D eigenvalue weighted by molar-refractivity contribution is 7.92. The van der Waals surface area contributed by atoms with Crippen molar-refractivity contribution in [2.45, 2.75) is 24.2 Å². The molecule has 2 amide bonds. The van der Waals surface area contributed by atoms with E-state index in [2.05, 4.69) is 10.0 Å². The minimum Gasteiger partial charge on any atom is -0.325 e. The molecule has 138 valence electrons. The van der Waals surface area contributed by atoms with E-state index in [-0.39, 0.29) is 10.9 Å². The van der Waals surface area contributed by atoms with Gasteiger partial charge >= 0.3 is 6.03 Å². The molecule has 6 nitrogen and oxygen atoms in total. The van der Waals surface area contributed by atoms with Gasteiger partial charge in [0.25, 0.3) is 10.0 Å². The molecule has 0 bridgehead atoms. The summed E-state index contributed by atoms with van der Waals surface area (Å²) in [5.41, 5.74) is 0.947. The van der Waals surface area contributed by atoms with Crippen molar-refractivity contribution in [3.05, 3.63) is 53.6 Å². The molecule has 0 unspecified atom stereocenters. The van der Waals surface area contributed by atoms with Crippen molar-refractivity contribution in [1.29, 1.82) is 0 Å². The number of piperidine rings is 1. The van der Waals surface area contributed by atoms with Crippen molar-refractivity contribution in [2.75, 3.05) is 23.1 Å². The first-order valence-corrected chi connectivity index (χ1v) is 10.2. The Bertz CT molecular complexity index is 879. The minimum absolute atomic E-state index is 0.105. The molecule has 0 aromatic heterocycles. The number of urea groups is 1. The van der Waals surface area contributed by atoms with Crippen LogP contribution in [0.3, 0.4) is 0 Å². The van der Waals surface area contributed by atoms with Crippen molar-refractivity contribution in [2.24, 2.45) is 0 Å². The summed E-state index contributed by atoms with van der Waals surface area (Å²) in [7, 11) is -3.73. The van der Waals surface area contributed by atoms with E-state index in [0.717, 1.165) is 32.4 Å². The molecule has 0 aliphatic carbocycles. The first-order valence-electron chi connectivity index (χ1n) is 8.38. The Balaban J connectivity index is 1.67. The molecule has 2 aromatic rings. The second-order valence-corrected chi connectivity index (χ2v) is 8.24. The number of nitrogens with one attached hydrogen (secondary N) is 2. The van der Waals surface area contributed by atoms with Gasteiger partial charge in [-0.1, -0.05) is 17.7 Å². The van der Waals surface area contributed by atoms with Crippen LogP contribution in [0.2, 0.25) is 5.02 Å². The predicted molar refractivity (Wildman–Crippen MR) is 103 cm³/mol. The van der Waals surface area contributed by atoms with E-state index in [1.165, 1.54) is 18.2 Å². The largest absolute Gasteiger partial charge is 0.325 e. The molecule has 26 heavy (non-hydrogen) atoms. The molecule has 1 aliphatic rings. The van der Waals surface area contributed by atoms with Crippen LogP contribution in [0.5, 0.6) is 0 Å². The van der Waals surface area contributed by atoms with E-state index in [1.54, 1.807) is 35.2 Å². The molecule has 3 rings (SSSR count). The number of halogens is 1. The lowest BCUT2D eigenvalue weighted by molar-refractivity contribution is 0.200. The Morgan fingerprint density at radius 3 is 2.31 bits per heavy atom. The number of anilines is 2. The van der Waals surface area contributed by atoms with Crippen LogP contribution in [0.1, 0.15) is 19.3 Å². The van der Waals surface area contributed by atoms with Crippen LogP contribution in [-0.4, -0.2) is 32.4 Å². The van der Waals surface area contributed by atoms with E-state index >= 15 is 0 Å². The number of hydrogen-bond donors (Lipinski definition) is 2. The maximum atomic E-state index is 12.4. The van der Waals surface area contributed by atoms with Gasteiger partial charge < -0.3 is 10.2 Å². The lowest BCUT2D eigenvalue weighted by Crippen LogP contribution is -2.38. The second kappa shape index (κ2) is 7.97. The first-order chi connectivity index (χ1) is 12.4. The first kappa shape index (κ1) is 18.5. The van der Waals surface area contributed by atoms with Crippen molar-refractivity contribution in [3.63, 3.8) is 0 Å². The molecule has 1 heterocycles. The number of amides is 2. The van der Waals surface area contributed by atoms with Gasteiger partial charge in [-0.2, -0.15) is 0 Å². The summed E-state index contributed by atoms with van der Waals surface area (Å²) in [5, 5.41) is 3.25. The quantitative estimate of drug-likeness (QED) is 0.818. The van der Waals surface area contributed by atoms with Crippen LogP contribution in [-0.2, 0) is 10.0 Å². The molecule has 0 radical (unpaired) electrons. The molecule has 0 saturated carbocycles. The Morgan fingerprint density at radius 2 is 1.65 bits per heavy atom. The van der Waals surface area contributed by atoms with Crippen LogP contribution >= 0.6 is 11.6 Å². The third kappa shape index (κ3) is 4.68. The van der Waals surface area contributed by atoms with Crippen LogP contribution in [0.25, 0.3) is 0 Å². The minimum atomic E-state index is -3.73. The van der Waals surface area contributed by atoms with Crippen LogP contribution in [0.15, 0.2) is 53.4 Å². The molecule has 1 fully saturated rings. The highest BCUT2D eigenvalue weighted by Crippen LogP contribution is 2.21. The number of likely N-dealkylation sites (tertiary alicyclic amines) is 1.